The first-order valence-corrected chi connectivity index (χ1v) is 8.05. The largest absolute Gasteiger partial charge is 0.434 e. The Morgan fingerprint density at radius 2 is 2.07 bits per heavy atom. The highest BCUT2D eigenvalue weighted by molar-refractivity contribution is 5.96. The van der Waals surface area contributed by atoms with Crippen LogP contribution in [0.5, 0.6) is 5.75 Å². The Labute approximate surface area is 168 Å². The monoisotopic (exact) mass is 419 g/mol. The summed E-state index contributed by atoms with van der Waals surface area (Å²) in [5.41, 5.74) is 4.25. The Bertz CT molecular complexity index is 791. The number of halogens is 4. The number of alkyl halides is 2. The minimum absolute atomic E-state index is 0. The lowest BCUT2D eigenvalue weighted by atomic mass is 9.96. The van der Waals surface area contributed by atoms with Gasteiger partial charge in [0.05, 0.1) is 5.56 Å². The standard InChI is InChI=1S/C18H19F2N3O2.2ClH/c1-11-15(13-6-7-21-8-12(13)9-22-11)10-23-17(24)14-4-2-3-5-16(14)25-18(19)20;;/h2-5,9,18,21H,6-8,10H2,1H3,(H,23,24);2*1H. The van der Waals surface area contributed by atoms with E-state index in [0.717, 1.165) is 36.3 Å². The van der Waals surface area contributed by atoms with Gasteiger partial charge >= 0.3 is 6.61 Å². The van der Waals surface area contributed by atoms with Gasteiger partial charge in [0.2, 0.25) is 0 Å². The van der Waals surface area contributed by atoms with Crippen LogP contribution < -0.4 is 15.4 Å². The zero-order valence-electron chi connectivity index (χ0n) is 14.6. The fourth-order valence-electron chi connectivity index (χ4n) is 2.99. The fourth-order valence-corrected chi connectivity index (χ4v) is 2.99. The molecule has 0 aliphatic carbocycles. The summed E-state index contributed by atoms with van der Waals surface area (Å²) >= 11 is 0. The van der Waals surface area contributed by atoms with Crippen molar-refractivity contribution in [3.05, 3.63) is 58.4 Å². The zero-order chi connectivity index (χ0) is 17.8. The van der Waals surface area contributed by atoms with Gasteiger partial charge in [-0.3, -0.25) is 9.78 Å². The highest BCUT2D eigenvalue weighted by atomic mass is 35.5. The molecule has 0 radical (unpaired) electrons. The van der Waals surface area contributed by atoms with E-state index < -0.39 is 12.5 Å². The van der Waals surface area contributed by atoms with Crippen molar-refractivity contribution >= 4 is 30.7 Å². The first kappa shape index (κ1) is 23.1. The van der Waals surface area contributed by atoms with Crippen molar-refractivity contribution in [1.82, 2.24) is 15.6 Å². The topological polar surface area (TPSA) is 63.2 Å². The van der Waals surface area contributed by atoms with Gasteiger partial charge in [-0.05, 0) is 48.7 Å². The molecule has 2 heterocycles. The number of hydrogen-bond donors (Lipinski definition) is 2. The lowest BCUT2D eigenvalue weighted by Crippen LogP contribution is -2.29. The van der Waals surface area contributed by atoms with E-state index in [2.05, 4.69) is 20.4 Å². The Hall–Kier alpha value is -1.96. The third kappa shape index (κ3) is 5.51. The number of pyridine rings is 1. The minimum Gasteiger partial charge on any atom is -0.434 e. The number of aromatic nitrogens is 1. The second-order valence-corrected chi connectivity index (χ2v) is 5.81. The van der Waals surface area contributed by atoms with E-state index in [1.807, 2.05) is 13.1 Å². The van der Waals surface area contributed by atoms with Gasteiger partial charge in [-0.2, -0.15) is 8.78 Å². The van der Waals surface area contributed by atoms with Crippen LogP contribution >= 0.6 is 24.8 Å². The second kappa shape index (κ2) is 10.4. The third-order valence-electron chi connectivity index (χ3n) is 4.24. The molecule has 9 heteroatoms. The summed E-state index contributed by atoms with van der Waals surface area (Å²) in [4.78, 5) is 16.8. The van der Waals surface area contributed by atoms with Crippen molar-refractivity contribution in [1.29, 1.82) is 0 Å². The van der Waals surface area contributed by atoms with Gasteiger partial charge in [0.15, 0.2) is 0 Å². The van der Waals surface area contributed by atoms with Crippen LogP contribution in [-0.4, -0.2) is 24.0 Å². The van der Waals surface area contributed by atoms with Crippen LogP contribution in [0.3, 0.4) is 0 Å². The van der Waals surface area contributed by atoms with Gasteiger partial charge in [0.1, 0.15) is 5.75 Å². The summed E-state index contributed by atoms with van der Waals surface area (Å²) < 4.78 is 29.4. The summed E-state index contributed by atoms with van der Waals surface area (Å²) in [6.45, 7) is 0.854. The second-order valence-electron chi connectivity index (χ2n) is 5.81. The molecule has 3 rings (SSSR count). The van der Waals surface area contributed by atoms with Crippen molar-refractivity contribution in [3.63, 3.8) is 0 Å². The molecule has 148 valence electrons. The average Bonchev–Trinajstić information content (AvgIpc) is 2.60. The first-order valence-electron chi connectivity index (χ1n) is 8.05. The number of ether oxygens (including phenoxy) is 1. The molecule has 0 atom stereocenters. The molecule has 0 fully saturated rings. The maximum Gasteiger partial charge on any atom is 0.387 e. The number of hydrogen-bond acceptors (Lipinski definition) is 4. The van der Waals surface area contributed by atoms with Crippen LogP contribution in [0, 0.1) is 6.92 Å². The Morgan fingerprint density at radius 3 is 2.81 bits per heavy atom. The molecule has 0 bridgehead atoms. The van der Waals surface area contributed by atoms with E-state index in [0.29, 0.717) is 6.54 Å². The number of rotatable bonds is 5. The van der Waals surface area contributed by atoms with Crippen LogP contribution in [0.4, 0.5) is 8.78 Å². The highest BCUT2D eigenvalue weighted by Gasteiger charge is 2.18. The van der Waals surface area contributed by atoms with Crippen LogP contribution in [0.2, 0.25) is 0 Å². The Kier molecular flexibility index (Phi) is 8.88. The SMILES string of the molecule is Cc1ncc2c(c1CNC(=O)c1ccccc1OC(F)F)CCNC2.Cl.Cl. The number of nitrogens with one attached hydrogen (secondary N) is 2. The van der Waals surface area contributed by atoms with Crippen LogP contribution in [0.1, 0.15) is 32.7 Å². The van der Waals surface area contributed by atoms with Gasteiger partial charge in [-0.1, -0.05) is 12.1 Å². The zero-order valence-corrected chi connectivity index (χ0v) is 16.3. The lowest BCUT2D eigenvalue weighted by Gasteiger charge is -2.21. The van der Waals surface area contributed by atoms with Crippen LogP contribution in [0.25, 0.3) is 0 Å². The number of fused-ring (bicyclic) bond motifs is 1. The summed E-state index contributed by atoms with van der Waals surface area (Å²) in [7, 11) is 0. The summed E-state index contributed by atoms with van der Waals surface area (Å²) in [6.07, 6.45) is 2.73. The summed E-state index contributed by atoms with van der Waals surface area (Å²) in [5.74, 6) is -0.591. The maximum absolute atomic E-state index is 12.5. The van der Waals surface area contributed by atoms with Gasteiger partial charge in [0, 0.05) is 25.0 Å². The Balaban J connectivity index is 0.00000182. The van der Waals surface area contributed by atoms with E-state index in [1.165, 1.54) is 17.7 Å². The number of amides is 1. The number of nitrogens with zero attached hydrogens (tertiary/aromatic N) is 1. The Morgan fingerprint density at radius 1 is 1.33 bits per heavy atom. The lowest BCUT2D eigenvalue weighted by molar-refractivity contribution is -0.0501. The van der Waals surface area contributed by atoms with Crippen LogP contribution in [-0.2, 0) is 19.5 Å². The molecule has 5 nitrogen and oxygen atoms in total. The molecule has 0 saturated heterocycles. The van der Waals surface area contributed by atoms with E-state index in [4.69, 9.17) is 0 Å². The molecule has 1 amide bonds. The molecular formula is C18H21Cl2F2N3O2. The number of carbonyl (C=O) groups excluding carboxylic acids is 1. The van der Waals surface area contributed by atoms with Crippen molar-refractivity contribution in [3.8, 4) is 5.75 Å². The predicted molar refractivity (Wildman–Crippen MR) is 103 cm³/mol. The predicted octanol–water partition coefficient (Wildman–Crippen LogP) is 3.41. The molecule has 27 heavy (non-hydrogen) atoms. The van der Waals surface area contributed by atoms with Gasteiger partial charge < -0.3 is 15.4 Å². The minimum atomic E-state index is -2.98. The molecule has 0 spiro atoms. The average molecular weight is 420 g/mol. The van der Waals surface area contributed by atoms with E-state index >= 15 is 0 Å². The van der Waals surface area contributed by atoms with Crippen molar-refractivity contribution < 1.29 is 18.3 Å². The third-order valence-corrected chi connectivity index (χ3v) is 4.24. The molecule has 0 saturated carbocycles. The normalized spacial score (nSPS) is 12.4. The van der Waals surface area contributed by atoms with Crippen molar-refractivity contribution in [2.75, 3.05) is 6.54 Å². The van der Waals surface area contributed by atoms with Crippen LogP contribution in [0.15, 0.2) is 30.5 Å². The number of aryl methyl sites for hydroxylation is 1. The molecule has 1 aromatic carbocycles. The van der Waals surface area contributed by atoms with E-state index in [-0.39, 0.29) is 36.1 Å². The first-order chi connectivity index (χ1) is 12.1. The van der Waals surface area contributed by atoms with E-state index in [1.54, 1.807) is 12.1 Å². The van der Waals surface area contributed by atoms with Gasteiger partial charge in [-0.25, -0.2) is 0 Å². The highest BCUT2D eigenvalue weighted by Crippen LogP contribution is 2.22. The molecular weight excluding hydrogens is 399 g/mol. The molecule has 1 aliphatic heterocycles. The quantitative estimate of drug-likeness (QED) is 0.779. The smallest absolute Gasteiger partial charge is 0.387 e. The summed E-state index contributed by atoms with van der Waals surface area (Å²) in [5, 5.41) is 6.08. The van der Waals surface area contributed by atoms with Gasteiger partial charge in [-0.15, -0.1) is 24.8 Å². The fraction of sp³-hybridized carbons (Fsp3) is 0.333. The maximum atomic E-state index is 12.5. The number of para-hydroxylation sites is 1. The summed E-state index contributed by atoms with van der Waals surface area (Å²) in [6, 6.07) is 5.96. The molecule has 2 N–H and O–H groups in total. The van der Waals surface area contributed by atoms with Crippen molar-refractivity contribution in [2.24, 2.45) is 0 Å². The molecule has 1 aromatic heterocycles. The molecule has 0 unspecified atom stereocenters. The molecule has 1 aliphatic rings. The number of benzene rings is 1. The number of carbonyl (C=O) groups is 1. The van der Waals surface area contributed by atoms with Gasteiger partial charge in [0.25, 0.3) is 5.91 Å². The molecule has 2 aromatic rings. The van der Waals surface area contributed by atoms with Crippen molar-refractivity contribution in [2.45, 2.75) is 33.0 Å². The van der Waals surface area contributed by atoms with E-state index in [9.17, 15) is 13.6 Å².